The Kier molecular flexibility index (Phi) is 4.32. The number of imide groups is 1. The van der Waals surface area contributed by atoms with Crippen LogP contribution in [-0.4, -0.2) is 60.5 Å². The molecule has 3 rings (SSSR count). The SMILES string of the molecule is Cl.NC1CCC2CN(CCN3C(=O)CNC3=O)CC12. The van der Waals surface area contributed by atoms with Crippen LogP contribution in [-0.2, 0) is 4.79 Å². The fourth-order valence-electron chi connectivity index (χ4n) is 3.51. The minimum atomic E-state index is -0.254. The Balaban J connectivity index is 0.00000133. The van der Waals surface area contributed by atoms with E-state index < -0.39 is 0 Å². The number of amides is 3. The van der Waals surface area contributed by atoms with Crippen LogP contribution < -0.4 is 11.1 Å². The summed E-state index contributed by atoms with van der Waals surface area (Å²) < 4.78 is 0. The van der Waals surface area contributed by atoms with E-state index >= 15 is 0 Å². The first kappa shape index (κ1) is 14.6. The van der Waals surface area contributed by atoms with E-state index in [0.717, 1.165) is 32.0 Å². The second-order valence-corrected chi connectivity index (χ2v) is 5.63. The van der Waals surface area contributed by atoms with Gasteiger partial charge >= 0.3 is 6.03 Å². The molecule has 0 aromatic rings. The molecule has 19 heavy (non-hydrogen) atoms. The van der Waals surface area contributed by atoms with Crippen molar-refractivity contribution in [3.05, 3.63) is 0 Å². The number of hydrogen-bond acceptors (Lipinski definition) is 4. The summed E-state index contributed by atoms with van der Waals surface area (Å²) in [6.07, 6.45) is 2.38. The number of carbonyl (C=O) groups is 2. The van der Waals surface area contributed by atoms with Gasteiger partial charge in [0.15, 0.2) is 0 Å². The molecule has 7 heteroatoms. The van der Waals surface area contributed by atoms with Crippen LogP contribution in [0.4, 0.5) is 4.79 Å². The maximum Gasteiger partial charge on any atom is 0.324 e. The van der Waals surface area contributed by atoms with Gasteiger partial charge in [0.25, 0.3) is 0 Å². The number of nitrogens with two attached hydrogens (primary N) is 1. The third-order valence-electron chi connectivity index (χ3n) is 4.56. The topological polar surface area (TPSA) is 78.7 Å². The van der Waals surface area contributed by atoms with Gasteiger partial charge < -0.3 is 16.0 Å². The lowest BCUT2D eigenvalue weighted by atomic mass is 9.98. The first-order chi connectivity index (χ1) is 8.65. The zero-order chi connectivity index (χ0) is 12.7. The molecule has 3 unspecified atom stereocenters. The fourth-order valence-corrected chi connectivity index (χ4v) is 3.51. The summed E-state index contributed by atoms with van der Waals surface area (Å²) in [5, 5.41) is 2.54. The number of fused-ring (bicyclic) bond motifs is 1. The minimum absolute atomic E-state index is 0. The van der Waals surface area contributed by atoms with Crippen molar-refractivity contribution >= 4 is 24.3 Å². The average Bonchev–Trinajstić information content (AvgIpc) is 2.97. The highest BCUT2D eigenvalue weighted by atomic mass is 35.5. The third kappa shape index (κ3) is 2.70. The van der Waals surface area contributed by atoms with Gasteiger partial charge in [-0.3, -0.25) is 9.69 Å². The number of hydrogen-bond donors (Lipinski definition) is 2. The van der Waals surface area contributed by atoms with E-state index in [1.807, 2.05) is 0 Å². The van der Waals surface area contributed by atoms with E-state index in [2.05, 4.69) is 10.2 Å². The van der Waals surface area contributed by atoms with Crippen LogP contribution in [0.5, 0.6) is 0 Å². The number of halogens is 1. The second kappa shape index (κ2) is 5.64. The summed E-state index contributed by atoms with van der Waals surface area (Å²) in [5.74, 6) is 1.23. The maximum atomic E-state index is 11.4. The fraction of sp³-hybridized carbons (Fsp3) is 0.833. The van der Waals surface area contributed by atoms with Crippen LogP contribution in [0.25, 0.3) is 0 Å². The van der Waals surface area contributed by atoms with Crippen molar-refractivity contribution in [3.8, 4) is 0 Å². The van der Waals surface area contributed by atoms with E-state index in [-0.39, 0.29) is 30.9 Å². The molecule has 3 atom stereocenters. The quantitative estimate of drug-likeness (QED) is 0.695. The zero-order valence-corrected chi connectivity index (χ0v) is 11.7. The minimum Gasteiger partial charge on any atom is -0.329 e. The van der Waals surface area contributed by atoms with Crippen molar-refractivity contribution < 1.29 is 9.59 Å². The zero-order valence-electron chi connectivity index (χ0n) is 10.9. The smallest absolute Gasteiger partial charge is 0.324 e. The van der Waals surface area contributed by atoms with Crippen molar-refractivity contribution in [2.24, 2.45) is 17.6 Å². The van der Waals surface area contributed by atoms with E-state index in [4.69, 9.17) is 5.73 Å². The third-order valence-corrected chi connectivity index (χ3v) is 4.56. The largest absolute Gasteiger partial charge is 0.329 e. The van der Waals surface area contributed by atoms with Crippen LogP contribution in [0.3, 0.4) is 0 Å². The number of nitrogens with one attached hydrogen (secondary N) is 1. The number of rotatable bonds is 3. The van der Waals surface area contributed by atoms with Crippen molar-refractivity contribution in [3.63, 3.8) is 0 Å². The molecule has 0 spiro atoms. The van der Waals surface area contributed by atoms with Gasteiger partial charge in [0.1, 0.15) is 0 Å². The van der Waals surface area contributed by atoms with Gasteiger partial charge in [0.2, 0.25) is 5.91 Å². The van der Waals surface area contributed by atoms with Gasteiger partial charge in [-0.1, -0.05) is 0 Å². The van der Waals surface area contributed by atoms with Crippen LogP contribution in [0.2, 0.25) is 0 Å². The summed E-state index contributed by atoms with van der Waals surface area (Å²) in [5.41, 5.74) is 6.09. The highest BCUT2D eigenvalue weighted by molar-refractivity contribution is 6.01. The monoisotopic (exact) mass is 288 g/mol. The molecule has 3 aliphatic rings. The predicted molar refractivity (Wildman–Crippen MR) is 73.0 cm³/mol. The molecule has 1 saturated carbocycles. The first-order valence-corrected chi connectivity index (χ1v) is 6.71. The van der Waals surface area contributed by atoms with Gasteiger partial charge in [-0.15, -0.1) is 12.4 Å². The lowest BCUT2D eigenvalue weighted by Gasteiger charge is -2.20. The molecule has 2 heterocycles. The second-order valence-electron chi connectivity index (χ2n) is 5.63. The van der Waals surface area contributed by atoms with Crippen LogP contribution >= 0.6 is 12.4 Å². The van der Waals surface area contributed by atoms with Crippen molar-refractivity contribution in [1.82, 2.24) is 15.1 Å². The molecule has 3 fully saturated rings. The Morgan fingerprint density at radius 2 is 2.00 bits per heavy atom. The van der Waals surface area contributed by atoms with E-state index in [0.29, 0.717) is 18.5 Å². The summed E-state index contributed by atoms with van der Waals surface area (Å²) in [4.78, 5) is 26.5. The Morgan fingerprint density at radius 1 is 1.21 bits per heavy atom. The predicted octanol–water partition coefficient (Wildman–Crippen LogP) is -0.371. The molecule has 0 radical (unpaired) electrons. The van der Waals surface area contributed by atoms with Crippen molar-refractivity contribution in [1.29, 1.82) is 0 Å². The van der Waals surface area contributed by atoms with Gasteiger partial charge in [-0.2, -0.15) is 0 Å². The number of nitrogens with zero attached hydrogens (tertiary/aromatic N) is 2. The molecule has 6 nitrogen and oxygen atoms in total. The van der Waals surface area contributed by atoms with Gasteiger partial charge in [-0.05, 0) is 24.7 Å². The van der Waals surface area contributed by atoms with Crippen LogP contribution in [0.15, 0.2) is 0 Å². The van der Waals surface area contributed by atoms with E-state index in [1.54, 1.807) is 0 Å². The summed E-state index contributed by atoms with van der Waals surface area (Å²) >= 11 is 0. The molecular formula is C12H21ClN4O2. The highest BCUT2D eigenvalue weighted by Gasteiger charge is 2.41. The van der Waals surface area contributed by atoms with E-state index in [1.165, 1.54) is 11.3 Å². The summed E-state index contributed by atoms with van der Waals surface area (Å²) in [7, 11) is 0. The normalized spacial score (nSPS) is 34.4. The number of likely N-dealkylation sites (tertiary alicyclic amines) is 1. The standard InChI is InChI=1S/C12H20N4O2.ClH/c13-10-2-1-8-6-15(7-9(8)10)3-4-16-11(17)5-14-12(16)18;/h8-10H,1-7,13H2,(H,14,18);1H. The number of carbonyl (C=O) groups excluding carboxylic acids is 2. The average molecular weight is 289 g/mol. The molecule has 0 aromatic heterocycles. The van der Waals surface area contributed by atoms with Crippen molar-refractivity contribution in [2.45, 2.75) is 18.9 Å². The van der Waals surface area contributed by atoms with E-state index in [9.17, 15) is 9.59 Å². The van der Waals surface area contributed by atoms with Crippen molar-refractivity contribution in [2.75, 3.05) is 32.7 Å². The van der Waals surface area contributed by atoms with Gasteiger partial charge in [0.05, 0.1) is 6.54 Å². The number of urea groups is 1. The lowest BCUT2D eigenvalue weighted by Crippen LogP contribution is -2.39. The summed E-state index contributed by atoms with van der Waals surface area (Å²) in [6, 6.07) is 0.0906. The molecule has 2 saturated heterocycles. The molecular weight excluding hydrogens is 268 g/mol. The van der Waals surface area contributed by atoms with Crippen LogP contribution in [0.1, 0.15) is 12.8 Å². The molecule has 0 bridgehead atoms. The lowest BCUT2D eigenvalue weighted by molar-refractivity contribution is -0.125. The molecule has 3 amide bonds. The molecule has 108 valence electrons. The van der Waals surface area contributed by atoms with Gasteiger partial charge in [0, 0.05) is 32.2 Å². The Morgan fingerprint density at radius 3 is 2.63 bits per heavy atom. The van der Waals surface area contributed by atoms with Crippen LogP contribution in [0, 0.1) is 11.8 Å². The maximum absolute atomic E-state index is 11.4. The molecule has 2 aliphatic heterocycles. The summed E-state index contributed by atoms with van der Waals surface area (Å²) in [6.45, 7) is 3.52. The molecule has 0 aromatic carbocycles. The Bertz CT molecular complexity index is 363. The highest BCUT2D eigenvalue weighted by Crippen LogP contribution is 2.36. The molecule has 3 N–H and O–H groups in total. The van der Waals surface area contributed by atoms with Gasteiger partial charge in [-0.25, -0.2) is 4.79 Å². The first-order valence-electron chi connectivity index (χ1n) is 6.71. The molecule has 1 aliphatic carbocycles. The Hall–Kier alpha value is -0.850. The Labute approximate surface area is 119 Å².